The lowest BCUT2D eigenvalue weighted by atomic mass is 10.0. The van der Waals surface area contributed by atoms with Gasteiger partial charge in [-0.05, 0) is 40.8 Å². The summed E-state index contributed by atoms with van der Waals surface area (Å²) < 4.78 is 3.47. The Labute approximate surface area is 172 Å². The molecule has 4 aromatic carbocycles. The molecule has 0 amide bonds. The van der Waals surface area contributed by atoms with Crippen molar-refractivity contribution in [1.29, 1.82) is 0 Å². The zero-order chi connectivity index (χ0) is 19.1. The van der Waals surface area contributed by atoms with E-state index < -0.39 is 0 Å². The number of imidazole rings is 1. The molecule has 1 heterocycles. The van der Waals surface area contributed by atoms with E-state index >= 15 is 0 Å². The Bertz CT molecular complexity index is 1300. The summed E-state index contributed by atoms with van der Waals surface area (Å²) >= 11 is 3.54. The molecule has 0 aliphatic carbocycles. The van der Waals surface area contributed by atoms with E-state index in [1.807, 2.05) is 0 Å². The van der Waals surface area contributed by atoms with Gasteiger partial charge in [0.15, 0.2) is 0 Å². The first-order valence-corrected chi connectivity index (χ1v) is 10.6. The SMILES string of the molecule is CCCCn1c(-c2ccc(Br)cc2)nc2c3ccc4ccccc4c3ccc21. The lowest BCUT2D eigenvalue weighted by Gasteiger charge is -2.09. The van der Waals surface area contributed by atoms with Gasteiger partial charge in [-0.25, -0.2) is 4.98 Å². The van der Waals surface area contributed by atoms with Gasteiger partial charge in [-0.3, -0.25) is 0 Å². The van der Waals surface area contributed by atoms with E-state index in [0.717, 1.165) is 40.8 Å². The van der Waals surface area contributed by atoms with Crippen LogP contribution in [0, 0.1) is 0 Å². The van der Waals surface area contributed by atoms with Crippen LogP contribution >= 0.6 is 15.9 Å². The summed E-state index contributed by atoms with van der Waals surface area (Å²) in [4.78, 5) is 5.15. The van der Waals surface area contributed by atoms with Gasteiger partial charge in [-0.15, -0.1) is 0 Å². The summed E-state index contributed by atoms with van der Waals surface area (Å²) in [6.45, 7) is 3.22. The van der Waals surface area contributed by atoms with Crippen molar-refractivity contribution >= 4 is 48.5 Å². The number of aryl methyl sites for hydroxylation is 1. The molecule has 0 radical (unpaired) electrons. The van der Waals surface area contributed by atoms with Gasteiger partial charge < -0.3 is 4.57 Å². The second-order valence-corrected chi connectivity index (χ2v) is 8.18. The number of nitrogens with zero attached hydrogens (tertiary/aromatic N) is 2. The first kappa shape index (κ1) is 17.4. The minimum atomic E-state index is 0.984. The highest BCUT2D eigenvalue weighted by atomic mass is 79.9. The van der Waals surface area contributed by atoms with Crippen molar-refractivity contribution in [2.45, 2.75) is 26.3 Å². The van der Waals surface area contributed by atoms with Crippen molar-refractivity contribution in [3.05, 3.63) is 77.3 Å². The van der Waals surface area contributed by atoms with Gasteiger partial charge in [0.1, 0.15) is 5.82 Å². The maximum Gasteiger partial charge on any atom is 0.141 e. The molecule has 28 heavy (non-hydrogen) atoms. The molecule has 1 aromatic heterocycles. The molecule has 3 heteroatoms. The minimum Gasteiger partial charge on any atom is -0.324 e. The van der Waals surface area contributed by atoms with Crippen molar-refractivity contribution in [2.75, 3.05) is 0 Å². The number of fused-ring (bicyclic) bond motifs is 5. The molecule has 5 rings (SSSR count). The maximum absolute atomic E-state index is 5.15. The van der Waals surface area contributed by atoms with Crippen molar-refractivity contribution < 1.29 is 0 Å². The fraction of sp³-hybridized carbons (Fsp3) is 0.160. The molecule has 0 spiro atoms. The Hall–Kier alpha value is -2.65. The Morgan fingerprint density at radius 3 is 2.43 bits per heavy atom. The molecular weight excluding hydrogens is 408 g/mol. The van der Waals surface area contributed by atoms with Gasteiger partial charge in [0.25, 0.3) is 0 Å². The maximum atomic E-state index is 5.15. The summed E-state index contributed by atoms with van der Waals surface area (Å²) in [5, 5.41) is 5.06. The van der Waals surface area contributed by atoms with Crippen LogP contribution in [0.1, 0.15) is 19.8 Å². The molecule has 138 valence electrons. The van der Waals surface area contributed by atoms with Gasteiger partial charge in [0.05, 0.1) is 11.0 Å². The molecule has 0 bridgehead atoms. The van der Waals surface area contributed by atoms with Crippen molar-refractivity contribution in [3.63, 3.8) is 0 Å². The molecule has 5 aromatic rings. The van der Waals surface area contributed by atoms with Crippen LogP contribution in [0.3, 0.4) is 0 Å². The van der Waals surface area contributed by atoms with E-state index in [1.165, 1.54) is 27.1 Å². The third-order valence-corrected chi connectivity index (χ3v) is 6.01. The van der Waals surface area contributed by atoms with Crippen LogP contribution in [0.4, 0.5) is 0 Å². The molecule has 0 aliphatic rings. The summed E-state index contributed by atoms with van der Waals surface area (Å²) in [6, 6.07) is 26.0. The van der Waals surface area contributed by atoms with E-state index in [1.54, 1.807) is 0 Å². The molecule has 0 N–H and O–H groups in total. The monoisotopic (exact) mass is 428 g/mol. The second kappa shape index (κ2) is 7.06. The molecule has 2 nitrogen and oxygen atoms in total. The largest absolute Gasteiger partial charge is 0.324 e. The highest BCUT2D eigenvalue weighted by Gasteiger charge is 2.15. The molecule has 0 atom stereocenters. The minimum absolute atomic E-state index is 0.984. The third kappa shape index (κ3) is 2.82. The van der Waals surface area contributed by atoms with Crippen molar-refractivity contribution in [3.8, 4) is 11.4 Å². The standard InChI is InChI=1S/C25H21BrN2/c1-2-3-16-28-23-15-14-21-20-7-5-4-6-17(20)10-13-22(21)24(23)27-25(28)18-8-11-19(26)12-9-18/h4-15H,2-3,16H2,1H3. The Kier molecular flexibility index (Phi) is 4.40. The number of unbranched alkanes of at least 4 members (excludes halogenated alkanes) is 1. The molecule has 0 fully saturated rings. The average molecular weight is 429 g/mol. The van der Waals surface area contributed by atoms with E-state index in [2.05, 4.69) is 100 Å². The van der Waals surface area contributed by atoms with Crippen LogP contribution in [-0.2, 0) is 6.54 Å². The van der Waals surface area contributed by atoms with E-state index in [0.29, 0.717) is 0 Å². The average Bonchev–Trinajstić information content (AvgIpc) is 3.11. The molecular formula is C25H21BrN2. The number of aromatic nitrogens is 2. The normalized spacial score (nSPS) is 11.6. The zero-order valence-corrected chi connectivity index (χ0v) is 17.4. The molecule has 0 saturated heterocycles. The fourth-order valence-corrected chi connectivity index (χ4v) is 4.30. The van der Waals surface area contributed by atoms with Crippen molar-refractivity contribution in [2.24, 2.45) is 0 Å². The lowest BCUT2D eigenvalue weighted by Crippen LogP contribution is -2.00. The van der Waals surface area contributed by atoms with Crippen LogP contribution < -0.4 is 0 Å². The van der Waals surface area contributed by atoms with Crippen LogP contribution in [0.25, 0.3) is 44.0 Å². The first-order valence-electron chi connectivity index (χ1n) is 9.83. The zero-order valence-electron chi connectivity index (χ0n) is 15.8. The van der Waals surface area contributed by atoms with E-state index in [9.17, 15) is 0 Å². The summed E-state index contributed by atoms with van der Waals surface area (Å²) in [5.74, 6) is 1.05. The summed E-state index contributed by atoms with van der Waals surface area (Å²) in [7, 11) is 0. The van der Waals surface area contributed by atoms with Gasteiger partial charge in [-0.2, -0.15) is 0 Å². The van der Waals surface area contributed by atoms with Crippen LogP contribution in [-0.4, -0.2) is 9.55 Å². The van der Waals surface area contributed by atoms with Gasteiger partial charge >= 0.3 is 0 Å². The number of rotatable bonds is 4. The number of halogens is 1. The Morgan fingerprint density at radius 1 is 0.821 bits per heavy atom. The fourth-order valence-electron chi connectivity index (χ4n) is 4.04. The highest BCUT2D eigenvalue weighted by molar-refractivity contribution is 9.10. The second-order valence-electron chi connectivity index (χ2n) is 7.26. The number of hydrogen-bond acceptors (Lipinski definition) is 1. The van der Waals surface area contributed by atoms with Crippen LogP contribution in [0.15, 0.2) is 77.3 Å². The number of benzene rings is 4. The van der Waals surface area contributed by atoms with Crippen molar-refractivity contribution in [1.82, 2.24) is 9.55 Å². The molecule has 0 saturated carbocycles. The van der Waals surface area contributed by atoms with Gasteiger partial charge in [0.2, 0.25) is 0 Å². The van der Waals surface area contributed by atoms with Crippen LogP contribution in [0.5, 0.6) is 0 Å². The van der Waals surface area contributed by atoms with Gasteiger partial charge in [0, 0.05) is 22.0 Å². The summed E-state index contributed by atoms with van der Waals surface area (Å²) in [5.41, 5.74) is 3.47. The third-order valence-electron chi connectivity index (χ3n) is 5.48. The molecule has 0 aliphatic heterocycles. The van der Waals surface area contributed by atoms with Crippen LogP contribution in [0.2, 0.25) is 0 Å². The van der Waals surface area contributed by atoms with E-state index in [4.69, 9.17) is 4.98 Å². The summed E-state index contributed by atoms with van der Waals surface area (Å²) in [6.07, 6.45) is 2.31. The van der Waals surface area contributed by atoms with Gasteiger partial charge in [-0.1, -0.05) is 83.9 Å². The van der Waals surface area contributed by atoms with E-state index in [-0.39, 0.29) is 0 Å². The smallest absolute Gasteiger partial charge is 0.141 e. The first-order chi connectivity index (χ1) is 13.8. The predicted molar refractivity (Wildman–Crippen MR) is 123 cm³/mol. The topological polar surface area (TPSA) is 17.8 Å². The predicted octanol–water partition coefficient (Wildman–Crippen LogP) is 7.57. The molecule has 0 unspecified atom stereocenters. The highest BCUT2D eigenvalue weighted by Crippen LogP contribution is 2.34. The quantitative estimate of drug-likeness (QED) is 0.269. The Morgan fingerprint density at radius 2 is 1.61 bits per heavy atom. The Balaban J connectivity index is 1.82. The lowest BCUT2D eigenvalue weighted by molar-refractivity contribution is 0.651. The number of hydrogen-bond donors (Lipinski definition) is 0.